The molecular formula is C10H15BrN2O. The molecule has 1 aromatic heterocycles. The fourth-order valence-corrected chi connectivity index (χ4v) is 2.10. The summed E-state index contributed by atoms with van der Waals surface area (Å²) in [6.07, 6.45) is 3.64. The predicted molar refractivity (Wildman–Crippen MR) is 58.2 cm³/mol. The molecule has 0 bridgehead atoms. The molecule has 3 nitrogen and oxygen atoms in total. The molecule has 1 atom stereocenters. The monoisotopic (exact) mass is 258 g/mol. The first-order valence-corrected chi connectivity index (χ1v) is 5.82. The minimum absolute atomic E-state index is 0.147. The van der Waals surface area contributed by atoms with Crippen LogP contribution in [0, 0.1) is 13.8 Å². The number of aromatic nitrogens is 2. The summed E-state index contributed by atoms with van der Waals surface area (Å²) in [7, 11) is 0. The molecule has 2 rings (SSSR count). The van der Waals surface area contributed by atoms with Gasteiger partial charge in [0.1, 0.15) is 6.23 Å². The summed E-state index contributed by atoms with van der Waals surface area (Å²) in [5.74, 6) is 0. The van der Waals surface area contributed by atoms with Crippen molar-refractivity contribution in [1.82, 2.24) is 9.78 Å². The van der Waals surface area contributed by atoms with E-state index in [4.69, 9.17) is 4.74 Å². The van der Waals surface area contributed by atoms with Gasteiger partial charge in [-0.25, -0.2) is 4.68 Å². The van der Waals surface area contributed by atoms with Crippen molar-refractivity contribution in [3.63, 3.8) is 0 Å². The van der Waals surface area contributed by atoms with Gasteiger partial charge in [0, 0.05) is 6.61 Å². The number of rotatable bonds is 1. The van der Waals surface area contributed by atoms with Crippen molar-refractivity contribution in [2.24, 2.45) is 0 Å². The Kier molecular flexibility index (Phi) is 2.93. The Hall–Kier alpha value is -0.350. The molecule has 1 unspecified atom stereocenters. The minimum atomic E-state index is 0.147. The molecule has 0 saturated carbocycles. The van der Waals surface area contributed by atoms with Crippen LogP contribution in [-0.4, -0.2) is 16.4 Å². The Morgan fingerprint density at radius 2 is 2.21 bits per heavy atom. The molecule has 1 fully saturated rings. The summed E-state index contributed by atoms with van der Waals surface area (Å²) in [6, 6.07) is 0. The number of ether oxygens (including phenoxy) is 1. The van der Waals surface area contributed by atoms with Crippen LogP contribution < -0.4 is 0 Å². The molecular weight excluding hydrogens is 244 g/mol. The molecule has 2 heterocycles. The van der Waals surface area contributed by atoms with Gasteiger partial charge in [-0.3, -0.25) is 0 Å². The van der Waals surface area contributed by atoms with Gasteiger partial charge in [0.15, 0.2) is 0 Å². The lowest BCUT2D eigenvalue weighted by Gasteiger charge is -2.23. The first-order valence-electron chi connectivity index (χ1n) is 5.03. The van der Waals surface area contributed by atoms with Crippen LogP contribution >= 0.6 is 15.9 Å². The van der Waals surface area contributed by atoms with Gasteiger partial charge in [0.2, 0.25) is 0 Å². The van der Waals surface area contributed by atoms with E-state index in [1.54, 1.807) is 0 Å². The quantitative estimate of drug-likeness (QED) is 0.775. The van der Waals surface area contributed by atoms with Crippen molar-refractivity contribution < 1.29 is 4.74 Å². The average Bonchev–Trinajstić information content (AvgIpc) is 2.47. The van der Waals surface area contributed by atoms with Crippen molar-refractivity contribution in [3.05, 3.63) is 15.9 Å². The molecule has 0 N–H and O–H groups in total. The summed E-state index contributed by atoms with van der Waals surface area (Å²) in [6.45, 7) is 4.94. The van der Waals surface area contributed by atoms with Crippen molar-refractivity contribution in [2.45, 2.75) is 39.3 Å². The molecule has 0 aliphatic carbocycles. The first kappa shape index (κ1) is 10.2. The summed E-state index contributed by atoms with van der Waals surface area (Å²) < 4.78 is 8.79. The fraction of sp³-hybridized carbons (Fsp3) is 0.700. The van der Waals surface area contributed by atoms with E-state index in [1.165, 1.54) is 12.8 Å². The van der Waals surface area contributed by atoms with Gasteiger partial charge in [0.25, 0.3) is 0 Å². The van der Waals surface area contributed by atoms with Crippen LogP contribution in [-0.2, 0) is 4.74 Å². The predicted octanol–water partition coefficient (Wildman–Crippen LogP) is 2.96. The Morgan fingerprint density at radius 3 is 2.71 bits per heavy atom. The van der Waals surface area contributed by atoms with Crippen LogP contribution in [0.5, 0.6) is 0 Å². The highest BCUT2D eigenvalue weighted by Gasteiger charge is 2.20. The highest BCUT2D eigenvalue weighted by molar-refractivity contribution is 9.10. The van der Waals surface area contributed by atoms with Gasteiger partial charge < -0.3 is 4.74 Å². The van der Waals surface area contributed by atoms with Crippen molar-refractivity contribution in [3.8, 4) is 0 Å². The van der Waals surface area contributed by atoms with Crippen molar-refractivity contribution >= 4 is 15.9 Å². The van der Waals surface area contributed by atoms with E-state index in [9.17, 15) is 0 Å². The van der Waals surface area contributed by atoms with Crippen LogP contribution in [0.3, 0.4) is 0 Å². The topological polar surface area (TPSA) is 27.1 Å². The fourth-order valence-electron chi connectivity index (χ4n) is 1.84. The van der Waals surface area contributed by atoms with Crippen LogP contribution in [0.1, 0.15) is 36.9 Å². The Balaban J connectivity index is 2.26. The zero-order chi connectivity index (χ0) is 10.1. The molecule has 0 aromatic carbocycles. The molecule has 0 radical (unpaired) electrons. The Labute approximate surface area is 92.6 Å². The standard InChI is InChI=1S/C10H15BrN2O/c1-7-10(11)8(2)13(12-7)9-5-3-4-6-14-9/h9H,3-6H2,1-2H3. The van der Waals surface area contributed by atoms with Gasteiger partial charge in [0.05, 0.1) is 15.9 Å². The third kappa shape index (κ3) is 1.73. The van der Waals surface area contributed by atoms with Gasteiger partial charge in [-0.15, -0.1) is 0 Å². The lowest BCUT2D eigenvalue weighted by Crippen LogP contribution is -2.20. The minimum Gasteiger partial charge on any atom is -0.357 e. The van der Waals surface area contributed by atoms with E-state index in [-0.39, 0.29) is 6.23 Å². The van der Waals surface area contributed by atoms with E-state index in [2.05, 4.69) is 28.0 Å². The average molecular weight is 259 g/mol. The lowest BCUT2D eigenvalue weighted by molar-refractivity contribution is -0.0408. The second-order valence-electron chi connectivity index (χ2n) is 3.75. The molecule has 1 aliphatic rings. The maximum absolute atomic E-state index is 5.69. The summed E-state index contributed by atoms with van der Waals surface area (Å²) >= 11 is 3.53. The van der Waals surface area contributed by atoms with E-state index in [0.29, 0.717) is 0 Å². The van der Waals surface area contributed by atoms with Crippen molar-refractivity contribution in [1.29, 1.82) is 0 Å². The van der Waals surface area contributed by atoms with E-state index in [1.807, 2.05) is 11.6 Å². The van der Waals surface area contributed by atoms with Crippen LogP contribution in [0.25, 0.3) is 0 Å². The smallest absolute Gasteiger partial charge is 0.150 e. The Bertz CT molecular complexity index is 329. The highest BCUT2D eigenvalue weighted by atomic mass is 79.9. The maximum atomic E-state index is 5.69. The second-order valence-corrected chi connectivity index (χ2v) is 4.54. The molecule has 78 valence electrons. The van der Waals surface area contributed by atoms with Crippen LogP contribution in [0.2, 0.25) is 0 Å². The SMILES string of the molecule is Cc1nn(C2CCCCO2)c(C)c1Br. The molecule has 0 spiro atoms. The molecule has 1 saturated heterocycles. The van der Waals surface area contributed by atoms with Crippen molar-refractivity contribution in [2.75, 3.05) is 6.61 Å². The largest absolute Gasteiger partial charge is 0.357 e. The van der Waals surface area contributed by atoms with E-state index in [0.717, 1.165) is 28.9 Å². The summed E-state index contributed by atoms with van der Waals surface area (Å²) in [5.41, 5.74) is 2.20. The molecule has 1 aromatic rings. The first-order chi connectivity index (χ1) is 6.70. The zero-order valence-corrected chi connectivity index (χ0v) is 10.2. The Morgan fingerprint density at radius 1 is 1.43 bits per heavy atom. The number of nitrogens with zero attached hydrogens (tertiary/aromatic N) is 2. The number of hydrogen-bond acceptors (Lipinski definition) is 2. The van der Waals surface area contributed by atoms with Gasteiger partial charge >= 0.3 is 0 Å². The van der Waals surface area contributed by atoms with E-state index >= 15 is 0 Å². The van der Waals surface area contributed by atoms with Gasteiger partial charge in [-0.05, 0) is 49.0 Å². The van der Waals surface area contributed by atoms with Crippen LogP contribution in [0.15, 0.2) is 4.47 Å². The van der Waals surface area contributed by atoms with Crippen LogP contribution in [0.4, 0.5) is 0 Å². The van der Waals surface area contributed by atoms with Gasteiger partial charge in [-0.1, -0.05) is 0 Å². The summed E-state index contributed by atoms with van der Waals surface area (Å²) in [5, 5.41) is 4.48. The number of hydrogen-bond donors (Lipinski definition) is 0. The number of halogens is 1. The summed E-state index contributed by atoms with van der Waals surface area (Å²) in [4.78, 5) is 0. The molecule has 0 amide bonds. The molecule has 1 aliphatic heterocycles. The molecule has 14 heavy (non-hydrogen) atoms. The number of aryl methyl sites for hydroxylation is 1. The molecule has 4 heteroatoms. The maximum Gasteiger partial charge on any atom is 0.150 e. The zero-order valence-electron chi connectivity index (χ0n) is 8.59. The van der Waals surface area contributed by atoms with E-state index < -0.39 is 0 Å². The highest BCUT2D eigenvalue weighted by Crippen LogP contribution is 2.28. The normalized spacial score (nSPS) is 22.6. The van der Waals surface area contributed by atoms with Gasteiger partial charge in [-0.2, -0.15) is 5.10 Å². The lowest BCUT2D eigenvalue weighted by atomic mass is 10.2. The third-order valence-electron chi connectivity index (χ3n) is 2.67. The third-order valence-corrected chi connectivity index (χ3v) is 3.81. The second kappa shape index (κ2) is 4.03.